The Morgan fingerprint density at radius 1 is 1.19 bits per heavy atom. The summed E-state index contributed by atoms with van der Waals surface area (Å²) in [5.41, 5.74) is 9.10. The molecule has 2 rings (SSSR count). The molecule has 2 aromatic rings. The van der Waals surface area contributed by atoms with Crippen LogP contribution in [-0.2, 0) is 0 Å². The second-order valence-electron chi connectivity index (χ2n) is 4.83. The highest BCUT2D eigenvalue weighted by molar-refractivity contribution is 6.31. The van der Waals surface area contributed by atoms with Crippen LogP contribution in [0.4, 0.5) is 11.4 Å². The molecule has 0 aliphatic heterocycles. The monoisotopic (exact) mass is 304 g/mol. The Hall–Kier alpha value is -2.20. The number of rotatable bonds is 3. The molecule has 0 radical (unpaired) electrons. The molecule has 0 bridgehead atoms. The third-order valence-corrected chi connectivity index (χ3v) is 3.64. The third kappa shape index (κ3) is 3.28. The van der Waals surface area contributed by atoms with Gasteiger partial charge in [0.1, 0.15) is 5.75 Å². The van der Waals surface area contributed by atoms with Crippen molar-refractivity contribution in [3.05, 3.63) is 52.0 Å². The molecule has 0 atom stereocenters. The molecule has 0 saturated carbocycles. The minimum Gasteiger partial charge on any atom is -0.495 e. The van der Waals surface area contributed by atoms with Gasteiger partial charge in [0.15, 0.2) is 0 Å². The van der Waals surface area contributed by atoms with Crippen LogP contribution in [0.3, 0.4) is 0 Å². The molecule has 5 heteroatoms. The smallest absolute Gasteiger partial charge is 0.256 e. The molecule has 0 fully saturated rings. The Balaban J connectivity index is 2.35. The molecule has 0 aliphatic carbocycles. The van der Waals surface area contributed by atoms with Gasteiger partial charge in [0.2, 0.25) is 0 Å². The van der Waals surface area contributed by atoms with Crippen LogP contribution in [-0.4, -0.2) is 13.0 Å². The maximum atomic E-state index is 12.4. The van der Waals surface area contributed by atoms with Crippen molar-refractivity contribution in [3.8, 4) is 5.75 Å². The maximum Gasteiger partial charge on any atom is 0.256 e. The molecule has 21 heavy (non-hydrogen) atoms. The zero-order chi connectivity index (χ0) is 15.6. The molecule has 4 nitrogen and oxygen atoms in total. The number of nitrogen functional groups attached to an aromatic ring is 1. The number of carbonyl (C=O) groups excluding carboxylic acids is 1. The highest BCUT2D eigenvalue weighted by atomic mass is 35.5. The van der Waals surface area contributed by atoms with Crippen LogP contribution < -0.4 is 15.8 Å². The van der Waals surface area contributed by atoms with E-state index in [9.17, 15) is 4.79 Å². The van der Waals surface area contributed by atoms with E-state index < -0.39 is 0 Å². The molecule has 0 heterocycles. The number of carbonyl (C=O) groups is 1. The average Bonchev–Trinajstić information content (AvgIpc) is 2.45. The van der Waals surface area contributed by atoms with Gasteiger partial charge >= 0.3 is 0 Å². The molecule has 0 aliphatic rings. The maximum absolute atomic E-state index is 12.4. The van der Waals surface area contributed by atoms with Gasteiger partial charge in [-0.2, -0.15) is 0 Å². The zero-order valence-electron chi connectivity index (χ0n) is 12.2. The van der Waals surface area contributed by atoms with Crippen molar-refractivity contribution in [1.82, 2.24) is 0 Å². The summed E-state index contributed by atoms with van der Waals surface area (Å²) in [6.07, 6.45) is 0. The van der Waals surface area contributed by atoms with Crippen molar-refractivity contribution in [2.45, 2.75) is 13.8 Å². The van der Waals surface area contributed by atoms with E-state index in [0.29, 0.717) is 27.7 Å². The first-order chi connectivity index (χ1) is 9.92. The summed E-state index contributed by atoms with van der Waals surface area (Å²) < 4.78 is 5.25. The van der Waals surface area contributed by atoms with Crippen LogP contribution in [0.2, 0.25) is 5.02 Å². The summed E-state index contributed by atoms with van der Waals surface area (Å²) in [6.45, 7) is 3.72. The Bertz CT molecular complexity index is 699. The first-order valence-corrected chi connectivity index (χ1v) is 6.81. The SMILES string of the molecule is COc1cc(Cl)c(C)cc1NC(=O)c1cc(N)ccc1C. The van der Waals surface area contributed by atoms with Crippen molar-refractivity contribution in [1.29, 1.82) is 0 Å². The highest BCUT2D eigenvalue weighted by Gasteiger charge is 2.13. The van der Waals surface area contributed by atoms with Crippen LogP contribution >= 0.6 is 11.6 Å². The number of halogens is 1. The van der Waals surface area contributed by atoms with Crippen LogP contribution in [0, 0.1) is 13.8 Å². The van der Waals surface area contributed by atoms with E-state index in [2.05, 4.69) is 5.32 Å². The van der Waals surface area contributed by atoms with Gasteiger partial charge in [-0.3, -0.25) is 4.79 Å². The van der Waals surface area contributed by atoms with Crippen LogP contribution in [0.15, 0.2) is 30.3 Å². The average molecular weight is 305 g/mol. The van der Waals surface area contributed by atoms with E-state index in [1.54, 1.807) is 24.3 Å². The molecule has 0 spiro atoms. The first-order valence-electron chi connectivity index (χ1n) is 6.44. The molecule has 110 valence electrons. The third-order valence-electron chi connectivity index (χ3n) is 3.24. The number of hydrogen-bond donors (Lipinski definition) is 2. The Morgan fingerprint density at radius 3 is 2.57 bits per heavy atom. The molecule has 1 amide bonds. The molecule has 0 aromatic heterocycles. The fourth-order valence-corrected chi connectivity index (χ4v) is 2.16. The summed E-state index contributed by atoms with van der Waals surface area (Å²) in [6, 6.07) is 8.69. The predicted molar refractivity (Wildman–Crippen MR) is 86.3 cm³/mol. The second-order valence-corrected chi connectivity index (χ2v) is 5.24. The van der Waals surface area contributed by atoms with Gasteiger partial charge in [-0.05, 0) is 43.2 Å². The molecule has 2 aromatic carbocycles. The van der Waals surface area contributed by atoms with Crippen molar-refractivity contribution in [2.24, 2.45) is 0 Å². The summed E-state index contributed by atoms with van der Waals surface area (Å²) in [5, 5.41) is 3.42. The highest BCUT2D eigenvalue weighted by Crippen LogP contribution is 2.31. The number of amides is 1. The lowest BCUT2D eigenvalue weighted by atomic mass is 10.1. The van der Waals surface area contributed by atoms with Gasteiger partial charge in [0, 0.05) is 22.3 Å². The van der Waals surface area contributed by atoms with Crippen molar-refractivity contribution in [2.75, 3.05) is 18.2 Å². The summed E-state index contributed by atoms with van der Waals surface area (Å²) in [7, 11) is 1.53. The summed E-state index contributed by atoms with van der Waals surface area (Å²) in [5.74, 6) is 0.278. The van der Waals surface area contributed by atoms with Crippen LogP contribution in [0.1, 0.15) is 21.5 Å². The molecular formula is C16H17ClN2O2. The van der Waals surface area contributed by atoms with E-state index in [1.807, 2.05) is 19.9 Å². The predicted octanol–water partition coefficient (Wildman–Crippen LogP) is 3.80. The van der Waals surface area contributed by atoms with E-state index >= 15 is 0 Å². The van der Waals surface area contributed by atoms with E-state index in [1.165, 1.54) is 7.11 Å². The fraction of sp³-hybridized carbons (Fsp3) is 0.188. The minimum atomic E-state index is -0.236. The number of aryl methyl sites for hydroxylation is 2. The number of nitrogens with one attached hydrogen (secondary N) is 1. The Labute approximate surface area is 128 Å². The molecule has 3 N–H and O–H groups in total. The molecule has 0 saturated heterocycles. The fourth-order valence-electron chi connectivity index (χ4n) is 2.00. The lowest BCUT2D eigenvalue weighted by Gasteiger charge is -2.13. The van der Waals surface area contributed by atoms with Gasteiger partial charge < -0.3 is 15.8 Å². The van der Waals surface area contributed by atoms with E-state index in [-0.39, 0.29) is 5.91 Å². The Morgan fingerprint density at radius 2 is 1.90 bits per heavy atom. The standard InChI is InChI=1S/C16H17ClN2O2/c1-9-4-5-11(18)7-12(9)16(20)19-14-6-10(2)13(17)8-15(14)21-3/h4-8H,18H2,1-3H3,(H,19,20). The van der Waals surface area contributed by atoms with Gasteiger partial charge in [0.25, 0.3) is 5.91 Å². The number of ether oxygens (including phenoxy) is 1. The van der Waals surface area contributed by atoms with E-state index in [4.69, 9.17) is 22.1 Å². The minimum absolute atomic E-state index is 0.236. The van der Waals surface area contributed by atoms with E-state index in [0.717, 1.165) is 11.1 Å². The first kappa shape index (κ1) is 15.2. The van der Waals surface area contributed by atoms with Gasteiger partial charge in [-0.25, -0.2) is 0 Å². The van der Waals surface area contributed by atoms with Crippen molar-refractivity contribution >= 4 is 28.9 Å². The Kier molecular flexibility index (Phi) is 4.38. The number of benzene rings is 2. The normalized spacial score (nSPS) is 10.3. The number of hydrogen-bond acceptors (Lipinski definition) is 3. The van der Waals surface area contributed by atoms with Gasteiger partial charge in [-0.15, -0.1) is 0 Å². The van der Waals surface area contributed by atoms with Crippen LogP contribution in [0.25, 0.3) is 0 Å². The number of anilines is 2. The lowest BCUT2D eigenvalue weighted by Crippen LogP contribution is -2.14. The van der Waals surface area contributed by atoms with Crippen LogP contribution in [0.5, 0.6) is 5.75 Å². The largest absolute Gasteiger partial charge is 0.495 e. The summed E-state index contributed by atoms with van der Waals surface area (Å²) in [4.78, 5) is 12.4. The topological polar surface area (TPSA) is 64.3 Å². The van der Waals surface area contributed by atoms with Crippen molar-refractivity contribution < 1.29 is 9.53 Å². The zero-order valence-corrected chi connectivity index (χ0v) is 12.9. The van der Waals surface area contributed by atoms with Gasteiger partial charge in [-0.1, -0.05) is 17.7 Å². The second kappa shape index (κ2) is 6.06. The number of methoxy groups -OCH3 is 1. The van der Waals surface area contributed by atoms with Crippen molar-refractivity contribution in [3.63, 3.8) is 0 Å². The lowest BCUT2D eigenvalue weighted by molar-refractivity contribution is 0.102. The van der Waals surface area contributed by atoms with Gasteiger partial charge in [0.05, 0.1) is 12.8 Å². The molecular weight excluding hydrogens is 288 g/mol. The number of nitrogens with two attached hydrogens (primary N) is 1. The summed E-state index contributed by atoms with van der Waals surface area (Å²) >= 11 is 6.05. The quantitative estimate of drug-likeness (QED) is 0.848. The molecule has 0 unspecified atom stereocenters.